The van der Waals surface area contributed by atoms with Crippen molar-refractivity contribution in [3.05, 3.63) is 23.3 Å². The lowest BCUT2D eigenvalue weighted by atomic mass is 9.75. The fraction of sp³-hybridized carbons (Fsp3) is 0.667. The van der Waals surface area contributed by atoms with E-state index >= 15 is 0 Å². The Morgan fingerprint density at radius 1 is 1.10 bits per heavy atom. The van der Waals surface area contributed by atoms with Crippen LogP contribution in [0.4, 0.5) is 13.2 Å². The van der Waals surface area contributed by atoms with E-state index in [-0.39, 0.29) is 40.6 Å². The van der Waals surface area contributed by atoms with E-state index in [1.807, 2.05) is 0 Å². The fourth-order valence-corrected chi connectivity index (χ4v) is 6.46. The molecule has 4 rings (SSSR count). The number of benzene rings is 1. The summed E-state index contributed by atoms with van der Waals surface area (Å²) in [6.45, 7) is 3.19. The number of nitriles is 1. The number of alkyl halides is 3. The first-order valence-corrected chi connectivity index (χ1v) is 14.3. The second-order valence-electron chi connectivity index (χ2n) is 12.8. The molecule has 0 spiro atoms. The average Bonchev–Trinajstić information content (AvgIpc) is 3.54. The number of rotatable bonds is 9. The van der Waals surface area contributed by atoms with Crippen LogP contribution in [-0.4, -0.2) is 54.9 Å². The largest absolute Gasteiger partial charge is 0.496 e. The fourth-order valence-electron chi connectivity index (χ4n) is 6.46. The minimum atomic E-state index is -4.48. The molecule has 9 nitrogen and oxygen atoms in total. The maximum atomic E-state index is 13.6. The predicted octanol–water partition coefficient (Wildman–Crippen LogP) is 4.83. The number of aliphatic carboxylic acids is 1. The highest BCUT2D eigenvalue weighted by Gasteiger charge is 2.53. The molecule has 0 unspecified atom stereocenters. The Morgan fingerprint density at radius 3 is 2.31 bits per heavy atom. The summed E-state index contributed by atoms with van der Waals surface area (Å²) in [6, 6.07) is 4.31. The molecule has 42 heavy (non-hydrogen) atoms. The summed E-state index contributed by atoms with van der Waals surface area (Å²) in [4.78, 5) is 38.4. The monoisotopic (exact) mass is 593 g/mol. The summed E-state index contributed by atoms with van der Waals surface area (Å²) in [6.07, 6.45) is -0.819. The zero-order chi connectivity index (χ0) is 31.0. The molecule has 0 radical (unpaired) electrons. The second kappa shape index (κ2) is 11.7. The number of hydrogen-bond donors (Lipinski definition) is 3. The molecule has 2 amide bonds. The third-order valence-electron chi connectivity index (χ3n) is 9.50. The number of ether oxygens (including phenoxy) is 2. The van der Waals surface area contributed by atoms with E-state index in [4.69, 9.17) is 9.47 Å². The number of nitrogens with one attached hydrogen (secondary N) is 2. The summed E-state index contributed by atoms with van der Waals surface area (Å²) >= 11 is 0. The van der Waals surface area contributed by atoms with Crippen molar-refractivity contribution in [3.8, 4) is 17.6 Å². The van der Waals surface area contributed by atoms with Crippen LogP contribution in [0.3, 0.4) is 0 Å². The number of fused-ring (bicyclic) bond motifs is 2. The number of amides is 2. The molecule has 3 N–H and O–H groups in total. The highest BCUT2D eigenvalue weighted by atomic mass is 19.4. The van der Waals surface area contributed by atoms with Crippen LogP contribution in [0.25, 0.3) is 0 Å². The number of carbonyl (C=O) groups is 3. The molecule has 0 saturated heterocycles. The van der Waals surface area contributed by atoms with Gasteiger partial charge in [0.05, 0.1) is 41.1 Å². The minimum absolute atomic E-state index is 0.0104. The number of halogens is 3. The molecule has 4 atom stereocenters. The van der Waals surface area contributed by atoms with Gasteiger partial charge >= 0.3 is 12.1 Å². The summed E-state index contributed by atoms with van der Waals surface area (Å²) in [7, 11) is 1.36. The van der Waals surface area contributed by atoms with E-state index in [1.54, 1.807) is 6.92 Å². The van der Waals surface area contributed by atoms with E-state index in [2.05, 4.69) is 16.7 Å². The maximum Gasteiger partial charge on any atom is 0.395 e. The molecule has 1 aromatic rings. The van der Waals surface area contributed by atoms with Crippen LogP contribution in [0, 0.1) is 39.9 Å². The number of nitrogens with zero attached hydrogens (tertiary/aromatic N) is 1. The van der Waals surface area contributed by atoms with Gasteiger partial charge in [-0.3, -0.25) is 14.4 Å². The number of hydrogen-bond acceptors (Lipinski definition) is 6. The summed E-state index contributed by atoms with van der Waals surface area (Å²) < 4.78 is 51.5. The van der Waals surface area contributed by atoms with Crippen molar-refractivity contribution in [1.29, 1.82) is 5.26 Å². The van der Waals surface area contributed by atoms with E-state index in [9.17, 15) is 37.9 Å². The van der Waals surface area contributed by atoms with Crippen molar-refractivity contribution in [1.82, 2.24) is 10.6 Å². The van der Waals surface area contributed by atoms with Crippen molar-refractivity contribution in [2.45, 2.75) is 84.0 Å². The van der Waals surface area contributed by atoms with Crippen LogP contribution >= 0.6 is 0 Å². The van der Waals surface area contributed by atoms with Gasteiger partial charge in [-0.1, -0.05) is 0 Å². The zero-order valence-corrected chi connectivity index (χ0v) is 24.3. The lowest BCUT2D eigenvalue weighted by molar-refractivity contribution is -0.209. The van der Waals surface area contributed by atoms with E-state index in [0.717, 1.165) is 26.7 Å². The number of carboxylic acids is 1. The van der Waals surface area contributed by atoms with Gasteiger partial charge in [0.2, 0.25) is 5.91 Å². The van der Waals surface area contributed by atoms with Gasteiger partial charge in [-0.15, -0.1) is 0 Å². The Kier molecular flexibility index (Phi) is 8.72. The molecular weight excluding hydrogens is 555 g/mol. The molecule has 3 fully saturated rings. The van der Waals surface area contributed by atoms with E-state index in [0.29, 0.717) is 32.1 Å². The maximum absolute atomic E-state index is 13.6. The van der Waals surface area contributed by atoms with Gasteiger partial charge in [-0.25, -0.2) is 0 Å². The van der Waals surface area contributed by atoms with E-state index < -0.39 is 53.3 Å². The summed E-state index contributed by atoms with van der Waals surface area (Å²) in [5.74, 6) is -2.31. The first-order chi connectivity index (χ1) is 19.6. The number of carbonyl (C=O) groups excluding carboxylic acids is 2. The second-order valence-corrected chi connectivity index (χ2v) is 12.8. The van der Waals surface area contributed by atoms with Crippen LogP contribution in [0.1, 0.15) is 81.6 Å². The van der Waals surface area contributed by atoms with E-state index in [1.165, 1.54) is 19.2 Å². The SMILES string of the molecule is COc1cc(C#N)c(O[C@H]2CC[C@@](C)(C(=O)O)CC2)cc1C(=O)N[C@@H]1[C@@H]2CC[C@@H](C2)[C@@H]1C(=O)NCC(C)(C)C(F)(F)F. The molecule has 3 aliphatic rings. The molecule has 3 saturated carbocycles. The average molecular weight is 594 g/mol. The molecule has 1 aromatic carbocycles. The molecule has 0 aliphatic heterocycles. The Labute approximate surface area is 243 Å². The van der Waals surface area contributed by atoms with Crippen LogP contribution < -0.4 is 20.1 Å². The van der Waals surface area contributed by atoms with Crippen molar-refractivity contribution >= 4 is 17.8 Å². The highest BCUT2D eigenvalue weighted by Crippen LogP contribution is 2.49. The van der Waals surface area contributed by atoms with Gasteiger partial charge < -0.3 is 25.2 Å². The number of carboxylic acid groups (broad SMARTS) is 1. The van der Waals surface area contributed by atoms with Crippen molar-refractivity contribution in [2.24, 2.45) is 28.6 Å². The van der Waals surface area contributed by atoms with Gasteiger partial charge in [-0.05, 0) is 83.6 Å². The summed E-state index contributed by atoms with van der Waals surface area (Å²) in [5.41, 5.74) is -2.69. The predicted molar refractivity (Wildman–Crippen MR) is 145 cm³/mol. The Morgan fingerprint density at radius 2 is 1.74 bits per heavy atom. The number of methoxy groups -OCH3 is 1. The normalized spacial score (nSPS) is 29.0. The Bertz CT molecular complexity index is 1270. The van der Waals surface area contributed by atoms with Crippen molar-refractivity contribution in [3.63, 3.8) is 0 Å². The third kappa shape index (κ3) is 6.15. The molecular formula is C30H38F3N3O6. The van der Waals surface area contributed by atoms with Gasteiger partial charge in [-0.2, -0.15) is 18.4 Å². The van der Waals surface area contributed by atoms with Crippen LogP contribution in [0.2, 0.25) is 0 Å². The van der Waals surface area contributed by atoms with Gasteiger partial charge in [0.25, 0.3) is 5.91 Å². The topological polar surface area (TPSA) is 138 Å². The van der Waals surface area contributed by atoms with Crippen molar-refractivity contribution in [2.75, 3.05) is 13.7 Å². The lowest BCUT2D eigenvalue weighted by Crippen LogP contribution is -2.52. The Balaban J connectivity index is 1.51. The smallest absolute Gasteiger partial charge is 0.395 e. The lowest BCUT2D eigenvalue weighted by Gasteiger charge is -2.34. The molecule has 12 heteroatoms. The first kappa shape index (κ1) is 31.4. The third-order valence-corrected chi connectivity index (χ3v) is 9.50. The van der Waals surface area contributed by atoms with Crippen molar-refractivity contribution < 1.29 is 42.1 Å². The molecule has 230 valence electrons. The molecule has 3 aliphatic carbocycles. The van der Waals surface area contributed by atoms with Crippen LogP contribution in [-0.2, 0) is 9.59 Å². The van der Waals surface area contributed by atoms with Gasteiger partial charge in [0.15, 0.2) is 0 Å². The zero-order valence-electron chi connectivity index (χ0n) is 24.3. The highest BCUT2D eigenvalue weighted by molar-refractivity contribution is 5.98. The van der Waals surface area contributed by atoms with Gasteiger partial charge in [0, 0.05) is 18.7 Å². The quantitative estimate of drug-likeness (QED) is 0.373. The minimum Gasteiger partial charge on any atom is -0.496 e. The van der Waals surface area contributed by atoms with Crippen LogP contribution in [0.5, 0.6) is 11.5 Å². The van der Waals surface area contributed by atoms with Gasteiger partial charge in [0.1, 0.15) is 17.6 Å². The van der Waals surface area contributed by atoms with Crippen LogP contribution in [0.15, 0.2) is 12.1 Å². The molecule has 2 bridgehead atoms. The Hall–Kier alpha value is -3.49. The standard InChI is InChI=1S/C30H38F3N3O6/c1-28(2,30(31,32)33)15-35-26(38)23-16-5-6-17(11-16)24(23)36-25(37)20-13-21(18(14-34)12-22(20)41-4)42-19-7-9-29(3,10-8-19)27(39)40/h12-13,16-17,19,23-24H,5-11,15H2,1-4H3,(H,35,38)(H,36,37)(H,39,40)/t16-,17+,19-,23-,24+,29+/m0/s1. The molecule has 0 aromatic heterocycles. The summed E-state index contributed by atoms with van der Waals surface area (Å²) in [5, 5.41) is 24.7. The first-order valence-electron chi connectivity index (χ1n) is 14.3. The molecule has 0 heterocycles.